The summed E-state index contributed by atoms with van der Waals surface area (Å²) in [6, 6.07) is 106. The Kier molecular flexibility index (Phi) is 10.2. The van der Waals surface area contributed by atoms with Crippen molar-refractivity contribution in [1.29, 1.82) is 0 Å². The Hall–Kier alpha value is -10.6. The van der Waals surface area contributed by atoms with Gasteiger partial charge in [0.2, 0.25) is 0 Å². The van der Waals surface area contributed by atoms with Gasteiger partial charge in [-0.15, -0.1) is 0 Å². The van der Waals surface area contributed by atoms with E-state index in [4.69, 9.17) is 4.98 Å². The number of nitrogens with zero attached hydrogens (tertiary/aromatic N) is 4. The highest BCUT2D eigenvalue weighted by Gasteiger charge is 2.20. The van der Waals surface area contributed by atoms with Crippen molar-refractivity contribution >= 4 is 76.3 Å². The summed E-state index contributed by atoms with van der Waals surface area (Å²) in [5.41, 5.74) is 22.2. The van der Waals surface area contributed by atoms with Crippen molar-refractivity contribution in [3.8, 4) is 72.8 Å². The van der Waals surface area contributed by atoms with E-state index in [0.29, 0.717) is 0 Å². The van der Waals surface area contributed by atoms with E-state index >= 15 is 0 Å². The van der Waals surface area contributed by atoms with Crippen LogP contribution in [-0.4, -0.2) is 18.7 Å². The third kappa shape index (κ3) is 7.26. The van der Waals surface area contributed by atoms with E-state index in [2.05, 4.69) is 305 Å². The van der Waals surface area contributed by atoms with Crippen molar-refractivity contribution in [3.05, 3.63) is 291 Å². The Morgan fingerprint density at radius 2 is 0.544 bits per heavy atom. The van der Waals surface area contributed by atoms with Crippen LogP contribution < -0.4 is 0 Å². The normalized spacial score (nSPS) is 11.8. The molecule has 79 heavy (non-hydrogen) atoms. The maximum atomic E-state index is 5.81. The minimum Gasteiger partial charge on any atom is -0.309 e. The molecule has 0 spiro atoms. The fourth-order valence-corrected chi connectivity index (χ4v) is 12.6. The van der Waals surface area contributed by atoms with Crippen molar-refractivity contribution in [2.75, 3.05) is 0 Å². The molecule has 12 aromatic carbocycles. The molecule has 4 aromatic heterocycles. The van der Waals surface area contributed by atoms with Gasteiger partial charge >= 0.3 is 0 Å². The Morgan fingerprint density at radius 1 is 0.203 bits per heavy atom. The van der Waals surface area contributed by atoms with Crippen molar-refractivity contribution in [1.82, 2.24) is 18.7 Å². The average molecular weight is 1010 g/mol. The molecule has 0 radical (unpaired) electrons. The standard InChI is InChI=1S/C75H48N4/c1-2-20-49(21-3-1)65-48-68(54-26-16-22-50(42-54)51-23-17-27-56(43-51)77-69-36-10-4-30-59(69)60-31-5-11-37-70(60)77)76-75-66(53-25-19-29-58(45-53)79-73-40-14-8-34-63(73)64-35-9-15-41-74(64)79)46-55(47-67(65)75)52-24-18-28-57(44-52)78-71-38-12-6-32-61(71)62-33-7-13-39-72(62)78/h1-48H. The Bertz CT molecular complexity index is 4930. The maximum absolute atomic E-state index is 5.81. The molecule has 0 amide bonds. The fourth-order valence-electron chi connectivity index (χ4n) is 12.6. The minimum absolute atomic E-state index is 0.910. The molecular formula is C75H48N4. The highest BCUT2D eigenvalue weighted by molar-refractivity contribution is 6.12. The van der Waals surface area contributed by atoms with Crippen LogP contribution in [0.1, 0.15) is 0 Å². The third-order valence-corrected chi connectivity index (χ3v) is 16.2. The predicted octanol–water partition coefficient (Wildman–Crippen LogP) is 19.9. The highest BCUT2D eigenvalue weighted by Crippen LogP contribution is 2.43. The number of hydrogen-bond donors (Lipinski definition) is 0. The quantitative estimate of drug-likeness (QED) is 0.149. The van der Waals surface area contributed by atoms with Gasteiger partial charge in [-0.05, 0) is 136 Å². The van der Waals surface area contributed by atoms with Gasteiger partial charge in [-0.3, -0.25) is 0 Å². The smallest absolute Gasteiger partial charge is 0.0794 e. The number of hydrogen-bond acceptors (Lipinski definition) is 1. The summed E-state index contributed by atoms with van der Waals surface area (Å²) in [5, 5.41) is 8.54. The van der Waals surface area contributed by atoms with Crippen LogP contribution in [0.15, 0.2) is 291 Å². The van der Waals surface area contributed by atoms with Gasteiger partial charge in [0.25, 0.3) is 0 Å². The summed E-state index contributed by atoms with van der Waals surface area (Å²) in [6.07, 6.45) is 0. The summed E-state index contributed by atoms with van der Waals surface area (Å²) < 4.78 is 7.20. The number of benzene rings is 12. The molecule has 4 heterocycles. The zero-order valence-electron chi connectivity index (χ0n) is 43.0. The molecule has 16 rings (SSSR count). The Labute approximate surface area is 456 Å². The van der Waals surface area contributed by atoms with E-state index in [1.165, 1.54) is 65.4 Å². The number of fused-ring (bicyclic) bond motifs is 10. The first-order chi connectivity index (χ1) is 39.2. The van der Waals surface area contributed by atoms with E-state index in [1.807, 2.05) is 0 Å². The molecule has 0 saturated carbocycles. The first-order valence-electron chi connectivity index (χ1n) is 27.1. The molecule has 16 aromatic rings. The number of rotatable bonds is 8. The van der Waals surface area contributed by atoms with Crippen molar-refractivity contribution in [3.63, 3.8) is 0 Å². The summed E-state index contributed by atoms with van der Waals surface area (Å²) in [6.45, 7) is 0. The van der Waals surface area contributed by atoms with E-state index < -0.39 is 0 Å². The lowest BCUT2D eigenvalue weighted by Gasteiger charge is -2.18. The third-order valence-electron chi connectivity index (χ3n) is 16.2. The molecule has 0 unspecified atom stereocenters. The van der Waals surface area contributed by atoms with Crippen LogP contribution in [-0.2, 0) is 0 Å². The summed E-state index contributed by atoms with van der Waals surface area (Å²) in [4.78, 5) is 5.81. The molecular weight excluding hydrogens is 957 g/mol. The highest BCUT2D eigenvalue weighted by atomic mass is 15.0. The summed E-state index contributed by atoms with van der Waals surface area (Å²) in [7, 11) is 0. The van der Waals surface area contributed by atoms with Crippen LogP contribution in [0.5, 0.6) is 0 Å². The van der Waals surface area contributed by atoms with Gasteiger partial charge in [0.05, 0.1) is 44.3 Å². The monoisotopic (exact) mass is 1000 g/mol. The molecule has 4 nitrogen and oxygen atoms in total. The summed E-state index contributed by atoms with van der Waals surface area (Å²) in [5.74, 6) is 0. The molecule has 0 N–H and O–H groups in total. The molecule has 368 valence electrons. The first-order valence-corrected chi connectivity index (χ1v) is 27.1. The molecule has 4 heteroatoms. The van der Waals surface area contributed by atoms with Crippen LogP contribution in [0.25, 0.3) is 149 Å². The first kappa shape index (κ1) is 44.7. The fraction of sp³-hybridized carbons (Fsp3) is 0. The van der Waals surface area contributed by atoms with E-state index in [0.717, 1.165) is 83.7 Å². The van der Waals surface area contributed by atoms with Crippen LogP contribution in [0.3, 0.4) is 0 Å². The molecule has 0 saturated heterocycles. The van der Waals surface area contributed by atoms with Crippen LogP contribution in [0.4, 0.5) is 0 Å². The second-order valence-electron chi connectivity index (χ2n) is 20.7. The van der Waals surface area contributed by atoms with Gasteiger partial charge in [0, 0.05) is 65.9 Å². The zero-order chi connectivity index (χ0) is 52.0. The lowest BCUT2D eigenvalue weighted by Crippen LogP contribution is -1.97. The predicted molar refractivity (Wildman–Crippen MR) is 332 cm³/mol. The van der Waals surface area contributed by atoms with Gasteiger partial charge in [-0.2, -0.15) is 0 Å². The van der Waals surface area contributed by atoms with Crippen LogP contribution in [0, 0.1) is 0 Å². The molecule has 0 fully saturated rings. The van der Waals surface area contributed by atoms with E-state index in [-0.39, 0.29) is 0 Å². The van der Waals surface area contributed by atoms with Gasteiger partial charge in [0.15, 0.2) is 0 Å². The maximum Gasteiger partial charge on any atom is 0.0794 e. The van der Waals surface area contributed by atoms with Crippen LogP contribution in [0.2, 0.25) is 0 Å². The van der Waals surface area contributed by atoms with Crippen LogP contribution >= 0.6 is 0 Å². The molecule has 0 aliphatic rings. The van der Waals surface area contributed by atoms with Gasteiger partial charge in [-0.1, -0.05) is 194 Å². The molecule has 0 aliphatic carbocycles. The SMILES string of the molecule is c1ccc(-c2cc(-c3cccc(-c4cccc(-n5c6ccccc6c6ccccc65)c4)c3)nc3c(-c4cccc(-n5c6ccccc6c6ccccc65)c4)cc(-c4cccc(-n5c6ccccc6c6ccccc65)c4)cc23)cc1. The lowest BCUT2D eigenvalue weighted by molar-refractivity contribution is 1.18. The van der Waals surface area contributed by atoms with Crippen molar-refractivity contribution in [2.24, 2.45) is 0 Å². The number of pyridine rings is 1. The molecule has 0 aliphatic heterocycles. The zero-order valence-corrected chi connectivity index (χ0v) is 43.0. The number of para-hydroxylation sites is 6. The van der Waals surface area contributed by atoms with Gasteiger partial charge < -0.3 is 13.7 Å². The molecule has 0 atom stereocenters. The second kappa shape index (κ2) is 18.1. The largest absolute Gasteiger partial charge is 0.309 e. The Balaban J connectivity index is 0.911. The van der Waals surface area contributed by atoms with E-state index in [9.17, 15) is 0 Å². The van der Waals surface area contributed by atoms with E-state index in [1.54, 1.807) is 0 Å². The Morgan fingerprint density at radius 3 is 1.00 bits per heavy atom. The summed E-state index contributed by atoms with van der Waals surface area (Å²) >= 11 is 0. The minimum atomic E-state index is 0.910. The van der Waals surface area contributed by atoms with Gasteiger partial charge in [0.1, 0.15) is 0 Å². The topological polar surface area (TPSA) is 27.7 Å². The second-order valence-corrected chi connectivity index (χ2v) is 20.7. The average Bonchev–Trinajstić information content (AvgIpc) is 4.22. The lowest BCUT2D eigenvalue weighted by atomic mass is 9.90. The van der Waals surface area contributed by atoms with Gasteiger partial charge in [-0.25, -0.2) is 4.98 Å². The number of aromatic nitrogens is 4. The van der Waals surface area contributed by atoms with Crippen molar-refractivity contribution in [2.45, 2.75) is 0 Å². The molecule has 0 bridgehead atoms. The van der Waals surface area contributed by atoms with Crippen molar-refractivity contribution < 1.29 is 0 Å².